The van der Waals surface area contributed by atoms with Crippen LogP contribution in [-0.2, 0) is 38.1 Å². The van der Waals surface area contributed by atoms with Gasteiger partial charge in [-0.25, -0.2) is 14.1 Å². The van der Waals surface area contributed by atoms with Crippen LogP contribution in [0.1, 0.15) is 59.9 Å². The number of aliphatic hydroxyl groups excluding tert-OH is 1. The highest BCUT2D eigenvalue weighted by atomic mass is 32.2. The molecule has 0 spiro atoms. The molecule has 1 fully saturated rings. The molecule has 0 radical (unpaired) electrons. The topological polar surface area (TPSA) is 183 Å². The Bertz CT molecular complexity index is 1410. The van der Waals surface area contributed by atoms with Crippen LogP contribution in [-0.4, -0.2) is 84.2 Å². The van der Waals surface area contributed by atoms with Crippen molar-refractivity contribution in [2.45, 2.75) is 78.8 Å². The van der Waals surface area contributed by atoms with Gasteiger partial charge >= 0.3 is 7.82 Å². The predicted molar refractivity (Wildman–Crippen MR) is 166 cm³/mol. The van der Waals surface area contributed by atoms with Crippen molar-refractivity contribution in [2.75, 3.05) is 31.3 Å². The third kappa shape index (κ3) is 7.92. The maximum Gasteiger partial charge on any atom is 0.474 e. The zero-order valence-electron chi connectivity index (χ0n) is 26.2. The summed E-state index contributed by atoms with van der Waals surface area (Å²) >= 11 is 2.03. The first-order valence-electron chi connectivity index (χ1n) is 14.0. The molecule has 1 aliphatic rings. The number of nitrogens with zero attached hydrogens (tertiary/aromatic N) is 4. The fourth-order valence-corrected chi connectivity index (χ4v) is 7.22. The standard InChI is InChI=1S/C28H41N4O9PS2/c1-18-19-9-10-21(32(19)31-17-30-18)28(16-29)27(8,36)22(33)20(41-28)15-40-42(37,38-11-13-43-23(34)25(2,3)4)39-12-14-44-24(35)26(5,6)7/h9-10,17,20,22,33,36H,11-15H2,1-8H3/t20-,22-,27-,28+/m1/s1. The van der Waals surface area contributed by atoms with Crippen LogP contribution in [0.15, 0.2) is 18.5 Å². The van der Waals surface area contributed by atoms with Gasteiger partial charge in [0.15, 0.2) is 10.2 Å². The van der Waals surface area contributed by atoms with Crippen LogP contribution in [0.5, 0.6) is 0 Å². The molecule has 1 aliphatic heterocycles. The van der Waals surface area contributed by atoms with Crippen LogP contribution >= 0.6 is 31.3 Å². The first-order valence-corrected chi connectivity index (χ1v) is 17.4. The molecular weight excluding hydrogens is 631 g/mol. The van der Waals surface area contributed by atoms with Crippen LogP contribution in [0.4, 0.5) is 0 Å². The number of aromatic nitrogens is 3. The van der Waals surface area contributed by atoms with Gasteiger partial charge in [-0.3, -0.25) is 23.2 Å². The number of ether oxygens (including phenoxy) is 1. The first kappa shape index (κ1) is 36.6. The van der Waals surface area contributed by atoms with Gasteiger partial charge < -0.3 is 14.9 Å². The normalized spacial score (nSPS) is 24.5. The average molecular weight is 673 g/mol. The van der Waals surface area contributed by atoms with Crippen molar-refractivity contribution in [1.29, 1.82) is 5.26 Å². The predicted octanol–water partition coefficient (Wildman–Crippen LogP) is 4.04. The lowest BCUT2D eigenvalue weighted by Crippen LogP contribution is -2.52. The molecule has 0 aliphatic carbocycles. The molecule has 2 aromatic rings. The molecule has 2 N–H and O–H groups in total. The molecule has 0 saturated carbocycles. The molecule has 0 amide bonds. The summed E-state index contributed by atoms with van der Waals surface area (Å²) in [5.74, 6) is 0.336. The van der Waals surface area contributed by atoms with E-state index in [2.05, 4.69) is 10.1 Å². The van der Waals surface area contributed by atoms with E-state index in [0.29, 0.717) is 11.2 Å². The van der Waals surface area contributed by atoms with Gasteiger partial charge in [-0.1, -0.05) is 65.1 Å². The van der Waals surface area contributed by atoms with E-state index >= 15 is 0 Å². The number of nitriles is 1. The van der Waals surface area contributed by atoms with Crippen molar-refractivity contribution in [2.24, 2.45) is 10.8 Å². The van der Waals surface area contributed by atoms with E-state index in [1.165, 1.54) is 17.8 Å². The molecule has 16 heteroatoms. The van der Waals surface area contributed by atoms with E-state index in [1.54, 1.807) is 60.6 Å². The van der Waals surface area contributed by atoms with Gasteiger partial charge in [0.2, 0.25) is 5.60 Å². The van der Waals surface area contributed by atoms with Crippen molar-refractivity contribution in [3.05, 3.63) is 29.8 Å². The summed E-state index contributed by atoms with van der Waals surface area (Å²) in [5, 5.41) is 36.9. The highest BCUT2D eigenvalue weighted by Gasteiger charge is 2.65. The van der Waals surface area contributed by atoms with Crippen LogP contribution in [0.25, 0.3) is 5.52 Å². The maximum atomic E-state index is 13.7. The number of hydrogen-bond donors (Lipinski definition) is 2. The summed E-state index contributed by atoms with van der Waals surface area (Å²) in [6.07, 6.45) is -1.71. The molecular formula is C28H41N4O9PS2. The molecule has 0 bridgehead atoms. The summed E-state index contributed by atoms with van der Waals surface area (Å²) < 4.78 is 37.6. The van der Waals surface area contributed by atoms with Gasteiger partial charge in [0.1, 0.15) is 30.2 Å². The number of carbonyl (C=O) groups excluding carboxylic acids is 2. The van der Waals surface area contributed by atoms with Gasteiger partial charge in [0.05, 0.1) is 36.7 Å². The van der Waals surface area contributed by atoms with E-state index in [-0.39, 0.29) is 40.6 Å². The number of hydrogen-bond acceptors (Lipinski definition) is 14. The van der Waals surface area contributed by atoms with Crippen LogP contribution in [0.2, 0.25) is 0 Å². The Hall–Kier alpha value is -1.86. The second kappa shape index (κ2) is 13.9. The van der Waals surface area contributed by atoms with Crippen LogP contribution < -0.4 is 0 Å². The highest BCUT2D eigenvalue weighted by Crippen LogP contribution is 2.52. The summed E-state index contributed by atoms with van der Waals surface area (Å²) in [7, 11) is -4.33. The third-order valence-corrected chi connectivity index (χ3v) is 10.8. The minimum Gasteiger partial charge on any atom is -0.387 e. The van der Waals surface area contributed by atoms with Crippen molar-refractivity contribution in [1.82, 2.24) is 14.6 Å². The summed E-state index contributed by atoms with van der Waals surface area (Å²) in [4.78, 5) is 28.7. The average Bonchev–Trinajstić information content (AvgIpc) is 3.45. The first-order chi connectivity index (χ1) is 20.3. The van der Waals surface area contributed by atoms with Crippen LogP contribution in [0.3, 0.4) is 0 Å². The third-order valence-electron chi connectivity index (χ3n) is 6.89. The fraction of sp³-hybridized carbons (Fsp3) is 0.679. The zero-order valence-corrected chi connectivity index (χ0v) is 28.8. The second-order valence-electron chi connectivity index (χ2n) is 12.6. The lowest BCUT2D eigenvalue weighted by molar-refractivity contribution is -0.118. The van der Waals surface area contributed by atoms with E-state index in [4.69, 9.17) is 18.3 Å². The SMILES string of the molecule is Cc1ncnn2c([C@]3(C#N)O[C@H](COP(=O)(OCCSC(=O)C(C)(C)C)OCCSC(=O)C(C)(C)C)[C@@H](O)[C@@]3(C)O)ccc12. The number of phosphoric ester groups is 1. The van der Waals surface area contributed by atoms with Crippen molar-refractivity contribution >= 4 is 47.1 Å². The van der Waals surface area contributed by atoms with E-state index in [9.17, 15) is 29.6 Å². The largest absolute Gasteiger partial charge is 0.474 e. The Labute approximate surface area is 266 Å². The molecule has 0 unspecified atom stereocenters. The van der Waals surface area contributed by atoms with E-state index < -0.39 is 48.7 Å². The Morgan fingerprint density at radius 2 is 1.64 bits per heavy atom. The van der Waals surface area contributed by atoms with Crippen molar-refractivity contribution in [3.8, 4) is 6.07 Å². The number of aryl methyl sites for hydroxylation is 1. The number of phosphoric acid groups is 1. The molecule has 4 atom stereocenters. The minimum absolute atomic E-state index is 0.0780. The Morgan fingerprint density at radius 3 is 2.14 bits per heavy atom. The minimum atomic E-state index is -4.33. The highest BCUT2D eigenvalue weighted by molar-refractivity contribution is 8.14. The van der Waals surface area contributed by atoms with E-state index in [0.717, 1.165) is 23.5 Å². The molecule has 13 nitrogen and oxygen atoms in total. The Kier molecular flexibility index (Phi) is 11.5. The number of fused-ring (bicyclic) bond motifs is 1. The molecule has 3 rings (SSSR count). The number of carbonyl (C=O) groups is 2. The lowest BCUT2D eigenvalue weighted by Gasteiger charge is -2.33. The lowest BCUT2D eigenvalue weighted by atomic mass is 9.80. The van der Waals surface area contributed by atoms with Crippen molar-refractivity contribution < 1.29 is 42.7 Å². The van der Waals surface area contributed by atoms with Gasteiger partial charge in [-0.05, 0) is 26.0 Å². The Balaban J connectivity index is 1.77. The smallest absolute Gasteiger partial charge is 0.387 e. The molecule has 44 heavy (non-hydrogen) atoms. The van der Waals surface area contributed by atoms with Gasteiger partial charge in [-0.15, -0.1) is 0 Å². The summed E-state index contributed by atoms with van der Waals surface area (Å²) in [6.45, 7) is 12.8. The monoisotopic (exact) mass is 672 g/mol. The molecule has 2 aromatic heterocycles. The quantitative estimate of drug-likeness (QED) is 0.243. The molecule has 3 heterocycles. The number of thioether (sulfide) groups is 2. The van der Waals surface area contributed by atoms with Gasteiger partial charge in [0, 0.05) is 22.3 Å². The zero-order chi connectivity index (χ0) is 33.1. The van der Waals surface area contributed by atoms with Gasteiger partial charge in [-0.2, -0.15) is 10.4 Å². The summed E-state index contributed by atoms with van der Waals surface area (Å²) in [6, 6.07) is 5.22. The molecule has 1 saturated heterocycles. The number of aliphatic hydroxyl groups is 2. The van der Waals surface area contributed by atoms with Gasteiger partial charge in [0.25, 0.3) is 0 Å². The maximum absolute atomic E-state index is 13.7. The second-order valence-corrected chi connectivity index (χ2v) is 16.4. The van der Waals surface area contributed by atoms with E-state index in [1.807, 2.05) is 6.07 Å². The summed E-state index contributed by atoms with van der Waals surface area (Å²) in [5.41, 5.74) is -4.04. The van der Waals surface area contributed by atoms with Crippen LogP contribution in [0, 0.1) is 29.1 Å². The fourth-order valence-electron chi connectivity index (χ4n) is 4.22. The Morgan fingerprint density at radius 1 is 1.09 bits per heavy atom. The molecule has 244 valence electrons. The molecule has 0 aromatic carbocycles. The van der Waals surface area contributed by atoms with Crippen molar-refractivity contribution in [3.63, 3.8) is 0 Å². The number of rotatable bonds is 12.